The van der Waals surface area contributed by atoms with E-state index in [1.165, 1.54) is 6.92 Å². The van der Waals surface area contributed by atoms with Crippen LogP contribution in [-0.2, 0) is 4.79 Å². The number of fused-ring (bicyclic) bond motifs is 1. The van der Waals surface area contributed by atoms with Gasteiger partial charge in [0.05, 0.1) is 5.70 Å². The molecule has 0 amide bonds. The predicted octanol–water partition coefficient (Wildman–Crippen LogP) is 2.46. The van der Waals surface area contributed by atoms with Crippen molar-refractivity contribution in [3.05, 3.63) is 41.1 Å². The molecule has 1 unspecified atom stereocenters. The van der Waals surface area contributed by atoms with Crippen LogP contribution in [0.15, 0.2) is 30.0 Å². The third kappa shape index (κ3) is 1.53. The number of hydrogen-bond donors (Lipinski definition) is 1. The molecular formula is C11H10ClNO. The van der Waals surface area contributed by atoms with Crippen LogP contribution in [0.25, 0.3) is 6.08 Å². The van der Waals surface area contributed by atoms with Gasteiger partial charge in [-0.25, -0.2) is 0 Å². The summed E-state index contributed by atoms with van der Waals surface area (Å²) in [5.41, 5.74) is 2.29. The van der Waals surface area contributed by atoms with E-state index in [0.717, 1.165) is 11.1 Å². The van der Waals surface area contributed by atoms with Gasteiger partial charge < -0.3 is 5.32 Å². The number of ketones is 1. The predicted molar refractivity (Wildman–Crippen MR) is 56.8 cm³/mol. The van der Waals surface area contributed by atoms with Crippen molar-refractivity contribution in [3.8, 4) is 0 Å². The lowest BCUT2D eigenvalue weighted by Crippen LogP contribution is -2.24. The van der Waals surface area contributed by atoms with Crippen molar-refractivity contribution in [1.29, 1.82) is 0 Å². The molecule has 2 nitrogen and oxygen atoms in total. The zero-order valence-corrected chi connectivity index (χ0v) is 8.51. The fourth-order valence-corrected chi connectivity index (χ4v) is 1.80. The number of halogens is 1. The molecule has 0 aromatic heterocycles. The van der Waals surface area contributed by atoms with E-state index < -0.39 is 0 Å². The van der Waals surface area contributed by atoms with Gasteiger partial charge in [-0.1, -0.05) is 35.9 Å². The first-order chi connectivity index (χ1) is 6.68. The standard InChI is InChI=1S/C11H10ClNO/c1-7(14)10-6-8-4-2-3-5-9(8)11(12)13-10/h2-6,11,13H,1H3. The van der Waals surface area contributed by atoms with E-state index >= 15 is 0 Å². The summed E-state index contributed by atoms with van der Waals surface area (Å²) in [6.07, 6.45) is 1.83. The van der Waals surface area contributed by atoms with Crippen molar-refractivity contribution in [2.45, 2.75) is 12.4 Å². The average molecular weight is 208 g/mol. The number of nitrogens with one attached hydrogen (secondary N) is 1. The van der Waals surface area contributed by atoms with Crippen molar-refractivity contribution < 1.29 is 4.79 Å². The summed E-state index contributed by atoms with van der Waals surface area (Å²) in [6, 6.07) is 7.77. The van der Waals surface area contributed by atoms with Crippen LogP contribution in [0.3, 0.4) is 0 Å². The van der Waals surface area contributed by atoms with Crippen LogP contribution in [-0.4, -0.2) is 5.78 Å². The summed E-state index contributed by atoms with van der Waals surface area (Å²) in [4.78, 5) is 11.2. The largest absolute Gasteiger partial charge is 0.363 e. The van der Waals surface area contributed by atoms with Crippen molar-refractivity contribution in [3.63, 3.8) is 0 Å². The van der Waals surface area contributed by atoms with E-state index in [4.69, 9.17) is 11.6 Å². The number of hydrogen-bond acceptors (Lipinski definition) is 2. The Kier molecular flexibility index (Phi) is 2.30. The van der Waals surface area contributed by atoms with Crippen LogP contribution < -0.4 is 5.32 Å². The summed E-state index contributed by atoms with van der Waals surface area (Å²) in [6.45, 7) is 1.52. The summed E-state index contributed by atoms with van der Waals surface area (Å²) < 4.78 is 0. The summed E-state index contributed by atoms with van der Waals surface area (Å²) in [7, 11) is 0. The van der Waals surface area contributed by atoms with Gasteiger partial charge in [-0.05, 0) is 17.2 Å². The van der Waals surface area contributed by atoms with Gasteiger partial charge >= 0.3 is 0 Å². The highest BCUT2D eigenvalue weighted by molar-refractivity contribution is 6.21. The van der Waals surface area contributed by atoms with E-state index in [9.17, 15) is 4.79 Å². The quantitative estimate of drug-likeness (QED) is 0.566. The first-order valence-electron chi connectivity index (χ1n) is 4.40. The summed E-state index contributed by atoms with van der Waals surface area (Å²) in [5, 5.41) is 2.95. The fraction of sp³-hybridized carbons (Fsp3) is 0.182. The molecular weight excluding hydrogens is 198 g/mol. The van der Waals surface area contributed by atoms with E-state index in [-0.39, 0.29) is 11.3 Å². The van der Waals surface area contributed by atoms with Gasteiger partial charge in [-0.3, -0.25) is 4.79 Å². The van der Waals surface area contributed by atoms with E-state index in [1.54, 1.807) is 0 Å². The van der Waals surface area contributed by atoms with Crippen LogP contribution in [0.5, 0.6) is 0 Å². The molecule has 1 N–H and O–H groups in total. The van der Waals surface area contributed by atoms with Crippen LogP contribution in [0.1, 0.15) is 23.6 Å². The van der Waals surface area contributed by atoms with Gasteiger partial charge in [0, 0.05) is 6.92 Å². The summed E-state index contributed by atoms with van der Waals surface area (Å²) >= 11 is 6.08. The van der Waals surface area contributed by atoms with Crippen molar-refractivity contribution in [2.75, 3.05) is 0 Å². The van der Waals surface area contributed by atoms with Gasteiger partial charge in [-0.15, -0.1) is 0 Å². The van der Waals surface area contributed by atoms with Gasteiger partial charge in [0.25, 0.3) is 0 Å². The molecule has 0 fully saturated rings. The number of alkyl halides is 1. The fourth-order valence-electron chi connectivity index (χ4n) is 1.49. The summed E-state index contributed by atoms with van der Waals surface area (Å²) in [5.74, 6) is 0.00477. The molecule has 0 bridgehead atoms. The molecule has 1 aromatic rings. The second-order valence-corrected chi connectivity index (χ2v) is 3.69. The number of rotatable bonds is 1. The third-order valence-electron chi connectivity index (χ3n) is 2.23. The maximum atomic E-state index is 11.2. The van der Waals surface area contributed by atoms with E-state index in [1.807, 2.05) is 30.3 Å². The number of carbonyl (C=O) groups excluding carboxylic acids is 1. The second kappa shape index (κ2) is 3.46. The lowest BCUT2D eigenvalue weighted by atomic mass is 10.0. The highest BCUT2D eigenvalue weighted by atomic mass is 35.5. The van der Waals surface area contributed by atoms with Gasteiger partial charge in [-0.2, -0.15) is 0 Å². The average Bonchev–Trinajstić information content (AvgIpc) is 2.17. The number of carbonyl (C=O) groups is 1. The van der Waals surface area contributed by atoms with Crippen LogP contribution in [0, 0.1) is 0 Å². The topological polar surface area (TPSA) is 29.1 Å². The zero-order valence-electron chi connectivity index (χ0n) is 7.75. The lowest BCUT2D eigenvalue weighted by Gasteiger charge is -2.22. The molecule has 14 heavy (non-hydrogen) atoms. The molecule has 0 spiro atoms. The molecule has 1 aliphatic rings. The molecule has 1 heterocycles. The van der Waals surface area contributed by atoms with Gasteiger partial charge in [0.1, 0.15) is 5.50 Å². The van der Waals surface area contributed by atoms with Gasteiger partial charge in [0.15, 0.2) is 5.78 Å². The molecule has 1 aliphatic heterocycles. The Morgan fingerprint density at radius 1 is 1.43 bits per heavy atom. The Balaban J connectivity index is 2.50. The number of benzene rings is 1. The minimum absolute atomic E-state index is 0.00477. The van der Waals surface area contributed by atoms with Crippen LogP contribution in [0.4, 0.5) is 0 Å². The van der Waals surface area contributed by atoms with E-state index in [2.05, 4.69) is 5.32 Å². The molecule has 2 rings (SSSR count). The van der Waals surface area contributed by atoms with Gasteiger partial charge in [0.2, 0.25) is 0 Å². The lowest BCUT2D eigenvalue weighted by molar-refractivity contribution is -0.113. The Bertz CT molecular complexity index is 412. The Hall–Kier alpha value is -1.28. The Morgan fingerprint density at radius 3 is 2.86 bits per heavy atom. The second-order valence-electron chi connectivity index (χ2n) is 3.25. The zero-order chi connectivity index (χ0) is 10.1. The monoisotopic (exact) mass is 207 g/mol. The number of allylic oxidation sites excluding steroid dienone is 1. The Labute approximate surface area is 87.6 Å². The van der Waals surface area contributed by atoms with Crippen molar-refractivity contribution >= 4 is 23.5 Å². The molecule has 1 aromatic carbocycles. The molecule has 0 saturated carbocycles. The van der Waals surface area contributed by atoms with E-state index in [0.29, 0.717) is 5.70 Å². The highest BCUT2D eigenvalue weighted by Gasteiger charge is 2.19. The SMILES string of the molecule is CC(=O)C1=Cc2ccccc2C(Cl)N1. The minimum atomic E-state index is -0.310. The maximum absolute atomic E-state index is 11.2. The van der Waals surface area contributed by atoms with Crippen molar-refractivity contribution in [1.82, 2.24) is 5.32 Å². The first kappa shape index (κ1) is 9.28. The molecule has 72 valence electrons. The maximum Gasteiger partial charge on any atom is 0.175 e. The molecule has 0 radical (unpaired) electrons. The number of Topliss-reactive ketones (excluding diaryl/α,β-unsaturated/α-hetero) is 1. The first-order valence-corrected chi connectivity index (χ1v) is 4.84. The Morgan fingerprint density at radius 2 is 2.14 bits per heavy atom. The molecule has 0 saturated heterocycles. The highest BCUT2D eigenvalue weighted by Crippen LogP contribution is 2.28. The third-order valence-corrected chi connectivity index (χ3v) is 2.57. The van der Waals surface area contributed by atoms with Crippen LogP contribution >= 0.6 is 11.6 Å². The minimum Gasteiger partial charge on any atom is -0.363 e. The van der Waals surface area contributed by atoms with Crippen molar-refractivity contribution in [2.24, 2.45) is 0 Å². The van der Waals surface area contributed by atoms with Crippen LogP contribution in [0.2, 0.25) is 0 Å². The molecule has 1 atom stereocenters. The molecule has 0 aliphatic carbocycles. The smallest absolute Gasteiger partial charge is 0.175 e. The molecule has 3 heteroatoms. The normalized spacial score (nSPS) is 19.3.